The van der Waals surface area contributed by atoms with Crippen LogP contribution in [0.25, 0.3) is 0 Å². The molecular formula is C22H28N4O5S2. The first kappa shape index (κ1) is 25.0. The number of nitrogens with zero attached hydrogens (tertiary/aromatic N) is 3. The first-order chi connectivity index (χ1) is 15.6. The lowest BCUT2D eigenvalue weighted by Crippen LogP contribution is -2.35. The SMILES string of the molecule is CC(Sc1ccc([N+](=O)[O-])cc1)C(=O)Nc1cc(S(=O)(=O)N2CCCCC2)ccc1N(C)C. The number of carbonyl (C=O) groups excluding carboxylic acids is 1. The molecule has 1 aliphatic rings. The summed E-state index contributed by atoms with van der Waals surface area (Å²) in [5.41, 5.74) is 1.09. The molecule has 1 amide bonds. The van der Waals surface area contributed by atoms with E-state index in [1.54, 1.807) is 36.1 Å². The minimum Gasteiger partial charge on any atom is -0.376 e. The van der Waals surface area contributed by atoms with Crippen LogP contribution in [-0.2, 0) is 14.8 Å². The molecule has 1 heterocycles. The van der Waals surface area contributed by atoms with Gasteiger partial charge in [0.15, 0.2) is 0 Å². The van der Waals surface area contributed by atoms with Gasteiger partial charge in [-0.15, -0.1) is 11.8 Å². The fourth-order valence-corrected chi connectivity index (χ4v) is 5.97. The highest BCUT2D eigenvalue weighted by atomic mass is 32.2. The molecule has 2 aromatic rings. The van der Waals surface area contributed by atoms with Gasteiger partial charge in [-0.3, -0.25) is 14.9 Å². The van der Waals surface area contributed by atoms with Crippen LogP contribution in [0.5, 0.6) is 0 Å². The quantitative estimate of drug-likeness (QED) is 0.337. The van der Waals surface area contributed by atoms with Gasteiger partial charge in [0.25, 0.3) is 5.69 Å². The van der Waals surface area contributed by atoms with Crippen molar-refractivity contribution in [1.82, 2.24) is 4.31 Å². The van der Waals surface area contributed by atoms with Crippen LogP contribution in [0.15, 0.2) is 52.3 Å². The monoisotopic (exact) mass is 492 g/mol. The normalized spacial score (nSPS) is 15.6. The molecule has 3 rings (SSSR count). The number of piperidine rings is 1. The Labute approximate surface area is 198 Å². The van der Waals surface area contributed by atoms with Crippen molar-refractivity contribution in [3.8, 4) is 0 Å². The molecule has 1 aliphatic heterocycles. The van der Waals surface area contributed by atoms with E-state index in [2.05, 4.69) is 5.32 Å². The molecule has 0 spiro atoms. The molecule has 0 saturated carbocycles. The van der Waals surface area contributed by atoms with Gasteiger partial charge in [-0.1, -0.05) is 6.42 Å². The number of anilines is 2. The zero-order chi connectivity index (χ0) is 24.2. The Morgan fingerprint density at radius 2 is 1.76 bits per heavy atom. The van der Waals surface area contributed by atoms with Crippen molar-refractivity contribution in [2.45, 2.75) is 41.2 Å². The van der Waals surface area contributed by atoms with Gasteiger partial charge in [0.2, 0.25) is 15.9 Å². The Morgan fingerprint density at radius 3 is 2.33 bits per heavy atom. The average Bonchev–Trinajstić information content (AvgIpc) is 2.79. The van der Waals surface area contributed by atoms with E-state index in [1.807, 2.05) is 14.1 Å². The summed E-state index contributed by atoms with van der Waals surface area (Å²) in [6.45, 7) is 2.73. The van der Waals surface area contributed by atoms with E-state index in [0.29, 0.717) is 24.5 Å². The van der Waals surface area contributed by atoms with Gasteiger partial charge in [-0.2, -0.15) is 4.31 Å². The molecule has 1 N–H and O–H groups in total. The van der Waals surface area contributed by atoms with Crippen LogP contribution in [0, 0.1) is 10.1 Å². The van der Waals surface area contributed by atoms with Gasteiger partial charge in [0.05, 0.1) is 26.4 Å². The van der Waals surface area contributed by atoms with Gasteiger partial charge in [-0.05, 0) is 50.1 Å². The maximum absolute atomic E-state index is 13.1. The van der Waals surface area contributed by atoms with Crippen molar-refractivity contribution >= 4 is 44.8 Å². The predicted octanol–water partition coefficient (Wildman–Crippen LogP) is 3.95. The fraction of sp³-hybridized carbons (Fsp3) is 0.409. The number of benzene rings is 2. The lowest BCUT2D eigenvalue weighted by molar-refractivity contribution is -0.384. The lowest BCUT2D eigenvalue weighted by Gasteiger charge is -2.27. The molecular weight excluding hydrogens is 464 g/mol. The summed E-state index contributed by atoms with van der Waals surface area (Å²) >= 11 is 1.26. The molecule has 33 heavy (non-hydrogen) atoms. The van der Waals surface area contributed by atoms with E-state index in [-0.39, 0.29) is 16.5 Å². The molecule has 1 saturated heterocycles. The third kappa shape index (κ3) is 6.04. The van der Waals surface area contributed by atoms with Crippen LogP contribution in [0.4, 0.5) is 17.1 Å². The summed E-state index contributed by atoms with van der Waals surface area (Å²) in [5, 5.41) is 13.2. The number of thioether (sulfide) groups is 1. The second-order valence-corrected chi connectivity index (χ2v) is 11.4. The Bertz CT molecular complexity index is 1110. The van der Waals surface area contributed by atoms with Gasteiger partial charge >= 0.3 is 0 Å². The van der Waals surface area contributed by atoms with Gasteiger partial charge < -0.3 is 10.2 Å². The smallest absolute Gasteiger partial charge is 0.269 e. The highest BCUT2D eigenvalue weighted by Gasteiger charge is 2.27. The van der Waals surface area contributed by atoms with Crippen molar-refractivity contribution in [2.24, 2.45) is 0 Å². The molecule has 0 bridgehead atoms. The zero-order valence-corrected chi connectivity index (χ0v) is 20.5. The highest BCUT2D eigenvalue weighted by molar-refractivity contribution is 8.00. The van der Waals surface area contributed by atoms with Gasteiger partial charge in [-0.25, -0.2) is 8.42 Å². The lowest BCUT2D eigenvalue weighted by atomic mass is 10.2. The molecule has 1 fully saturated rings. The van der Waals surface area contributed by atoms with E-state index in [4.69, 9.17) is 0 Å². The highest BCUT2D eigenvalue weighted by Crippen LogP contribution is 2.32. The average molecular weight is 493 g/mol. The van der Waals surface area contributed by atoms with Crippen molar-refractivity contribution < 1.29 is 18.1 Å². The minimum absolute atomic E-state index is 0.0150. The largest absolute Gasteiger partial charge is 0.376 e. The van der Waals surface area contributed by atoms with E-state index in [0.717, 1.165) is 24.2 Å². The zero-order valence-electron chi connectivity index (χ0n) is 18.9. The van der Waals surface area contributed by atoms with Crippen molar-refractivity contribution in [1.29, 1.82) is 0 Å². The summed E-state index contributed by atoms with van der Waals surface area (Å²) in [7, 11) is -0.00283. The Morgan fingerprint density at radius 1 is 1.12 bits per heavy atom. The summed E-state index contributed by atoms with van der Waals surface area (Å²) < 4.78 is 27.7. The van der Waals surface area contributed by atoms with Crippen molar-refractivity contribution in [3.05, 3.63) is 52.6 Å². The van der Waals surface area contributed by atoms with E-state index >= 15 is 0 Å². The third-order valence-corrected chi connectivity index (χ3v) is 8.40. The molecule has 0 aromatic heterocycles. The molecule has 1 unspecified atom stereocenters. The molecule has 0 aliphatic carbocycles. The van der Waals surface area contributed by atoms with Crippen molar-refractivity contribution in [2.75, 3.05) is 37.4 Å². The minimum atomic E-state index is -3.64. The molecule has 0 radical (unpaired) electrons. The number of nitro benzene ring substituents is 1. The second-order valence-electron chi connectivity index (χ2n) is 8.04. The maximum atomic E-state index is 13.1. The van der Waals surface area contributed by atoms with E-state index in [1.165, 1.54) is 34.3 Å². The van der Waals surface area contributed by atoms with Crippen LogP contribution in [0.3, 0.4) is 0 Å². The molecule has 9 nitrogen and oxygen atoms in total. The van der Waals surface area contributed by atoms with Crippen LogP contribution in [-0.4, -0.2) is 56.0 Å². The van der Waals surface area contributed by atoms with Crippen LogP contribution < -0.4 is 10.2 Å². The number of amides is 1. The third-order valence-electron chi connectivity index (χ3n) is 5.39. The number of hydrogen-bond acceptors (Lipinski definition) is 7. The Balaban J connectivity index is 1.79. The number of sulfonamides is 1. The Kier molecular flexibility index (Phi) is 7.98. The Hall–Kier alpha value is -2.63. The van der Waals surface area contributed by atoms with E-state index in [9.17, 15) is 23.3 Å². The first-order valence-electron chi connectivity index (χ1n) is 10.6. The van der Waals surface area contributed by atoms with Crippen molar-refractivity contribution in [3.63, 3.8) is 0 Å². The number of nitro groups is 1. The molecule has 178 valence electrons. The fourth-order valence-electron chi connectivity index (χ4n) is 3.56. The summed E-state index contributed by atoms with van der Waals surface area (Å²) in [6, 6.07) is 10.8. The van der Waals surface area contributed by atoms with E-state index < -0.39 is 20.2 Å². The standard InChI is InChI=1S/C22H28N4O5S2/c1-16(32-18-9-7-17(8-10-18)26(28)29)22(27)23-20-15-19(11-12-21(20)24(2)3)33(30,31)25-13-5-4-6-14-25/h7-12,15-16H,4-6,13-14H2,1-3H3,(H,23,27). The summed E-state index contributed by atoms with van der Waals surface area (Å²) in [6.07, 6.45) is 2.71. The predicted molar refractivity (Wildman–Crippen MR) is 130 cm³/mol. The first-order valence-corrected chi connectivity index (χ1v) is 12.9. The second kappa shape index (κ2) is 10.5. The topological polar surface area (TPSA) is 113 Å². The molecule has 2 aromatic carbocycles. The number of hydrogen-bond donors (Lipinski definition) is 1. The summed E-state index contributed by atoms with van der Waals surface area (Å²) in [4.78, 5) is 25.9. The van der Waals surface area contributed by atoms with Crippen LogP contribution >= 0.6 is 11.8 Å². The molecule has 11 heteroatoms. The maximum Gasteiger partial charge on any atom is 0.269 e. The number of carbonyl (C=O) groups is 1. The summed E-state index contributed by atoms with van der Waals surface area (Å²) in [5.74, 6) is -0.297. The molecule has 1 atom stereocenters. The number of rotatable bonds is 8. The van der Waals surface area contributed by atoms with Crippen LogP contribution in [0.2, 0.25) is 0 Å². The number of non-ortho nitro benzene ring substituents is 1. The number of nitrogens with one attached hydrogen (secondary N) is 1. The van der Waals surface area contributed by atoms with Gasteiger partial charge in [0, 0.05) is 44.2 Å². The van der Waals surface area contributed by atoms with Crippen LogP contribution in [0.1, 0.15) is 26.2 Å². The van der Waals surface area contributed by atoms with Gasteiger partial charge in [0.1, 0.15) is 0 Å².